The molecular formula is C15H17N3O3. The zero-order valence-corrected chi connectivity index (χ0v) is 11.6. The van der Waals surface area contributed by atoms with Crippen molar-refractivity contribution in [1.82, 2.24) is 15.0 Å². The number of carboxylic acid groups (broad SMARTS) is 1. The molecular weight excluding hydrogens is 270 g/mol. The van der Waals surface area contributed by atoms with E-state index in [9.17, 15) is 4.79 Å². The average molecular weight is 287 g/mol. The Morgan fingerprint density at radius 3 is 2.95 bits per heavy atom. The monoisotopic (exact) mass is 287 g/mol. The maximum absolute atomic E-state index is 11.1. The number of likely N-dealkylation sites (tertiary alicyclic amines) is 1. The van der Waals surface area contributed by atoms with E-state index in [2.05, 4.69) is 15.0 Å². The van der Waals surface area contributed by atoms with Crippen LogP contribution in [0, 0.1) is 5.92 Å². The summed E-state index contributed by atoms with van der Waals surface area (Å²) in [5.74, 6) is 0.0781. The van der Waals surface area contributed by atoms with Crippen LogP contribution in [-0.2, 0) is 11.3 Å². The van der Waals surface area contributed by atoms with Crippen molar-refractivity contribution in [3.05, 3.63) is 36.2 Å². The van der Waals surface area contributed by atoms with Gasteiger partial charge in [-0.15, -0.1) is 0 Å². The molecule has 3 rings (SSSR count). The van der Waals surface area contributed by atoms with Crippen LogP contribution >= 0.6 is 0 Å². The van der Waals surface area contributed by atoms with Crippen LogP contribution in [0.4, 0.5) is 0 Å². The summed E-state index contributed by atoms with van der Waals surface area (Å²) in [7, 11) is 0. The summed E-state index contributed by atoms with van der Waals surface area (Å²) >= 11 is 0. The smallest absolute Gasteiger partial charge is 0.307 e. The molecule has 1 aliphatic heterocycles. The Balaban J connectivity index is 1.66. The molecule has 0 saturated carbocycles. The number of nitrogens with zero attached hydrogens (tertiary/aromatic N) is 3. The topological polar surface area (TPSA) is 79.5 Å². The lowest BCUT2D eigenvalue weighted by Crippen LogP contribution is -2.38. The second kappa shape index (κ2) is 6.05. The van der Waals surface area contributed by atoms with Gasteiger partial charge in [0.25, 0.3) is 5.89 Å². The molecule has 0 unspecified atom stereocenters. The van der Waals surface area contributed by atoms with Gasteiger partial charge in [0.1, 0.15) is 0 Å². The summed E-state index contributed by atoms with van der Waals surface area (Å²) in [6.07, 6.45) is 1.63. The molecule has 0 bridgehead atoms. The summed E-state index contributed by atoms with van der Waals surface area (Å²) in [6.45, 7) is 1.95. The summed E-state index contributed by atoms with van der Waals surface area (Å²) in [4.78, 5) is 17.5. The molecule has 6 nitrogen and oxygen atoms in total. The highest BCUT2D eigenvalue weighted by molar-refractivity contribution is 5.70. The predicted octanol–water partition coefficient (Wildman–Crippen LogP) is 2.03. The van der Waals surface area contributed by atoms with Gasteiger partial charge in [-0.1, -0.05) is 23.4 Å². The molecule has 0 aliphatic carbocycles. The van der Waals surface area contributed by atoms with Gasteiger partial charge >= 0.3 is 5.97 Å². The van der Waals surface area contributed by atoms with Crippen molar-refractivity contribution >= 4 is 5.97 Å². The number of aromatic nitrogens is 2. The Morgan fingerprint density at radius 1 is 1.38 bits per heavy atom. The normalized spacial score (nSPS) is 19.5. The van der Waals surface area contributed by atoms with Crippen LogP contribution in [0.15, 0.2) is 34.9 Å². The summed E-state index contributed by atoms with van der Waals surface area (Å²) in [6, 6.07) is 9.60. The maximum atomic E-state index is 11.1. The van der Waals surface area contributed by atoms with Crippen molar-refractivity contribution in [1.29, 1.82) is 0 Å². The van der Waals surface area contributed by atoms with E-state index >= 15 is 0 Å². The first-order valence-corrected chi connectivity index (χ1v) is 7.05. The number of benzene rings is 1. The Labute approximate surface area is 122 Å². The standard InChI is InChI=1S/C15H17N3O3/c19-15(20)12-7-4-8-18(9-12)10-13-16-14(21-17-13)11-5-2-1-3-6-11/h1-3,5-6,12H,4,7-10H2,(H,19,20)/t12-/m0/s1. The molecule has 1 aromatic heterocycles. The van der Waals surface area contributed by atoms with Crippen LogP contribution in [0.25, 0.3) is 11.5 Å². The van der Waals surface area contributed by atoms with Gasteiger partial charge in [0, 0.05) is 12.1 Å². The molecule has 1 saturated heterocycles. The zero-order valence-electron chi connectivity index (χ0n) is 11.6. The molecule has 1 N–H and O–H groups in total. The summed E-state index contributed by atoms with van der Waals surface area (Å²) in [5.41, 5.74) is 0.887. The van der Waals surface area contributed by atoms with Crippen LogP contribution in [0.2, 0.25) is 0 Å². The van der Waals surface area contributed by atoms with Gasteiger partial charge in [-0.25, -0.2) is 0 Å². The lowest BCUT2D eigenvalue weighted by molar-refractivity contribution is -0.143. The molecule has 21 heavy (non-hydrogen) atoms. The fourth-order valence-corrected chi connectivity index (χ4v) is 2.62. The minimum atomic E-state index is -0.724. The quantitative estimate of drug-likeness (QED) is 0.927. The lowest BCUT2D eigenvalue weighted by atomic mass is 9.98. The van der Waals surface area contributed by atoms with Gasteiger partial charge in [0.2, 0.25) is 0 Å². The molecule has 0 radical (unpaired) electrons. The van der Waals surface area contributed by atoms with Crippen LogP contribution in [0.1, 0.15) is 18.7 Å². The SMILES string of the molecule is O=C(O)[C@H]1CCCN(Cc2noc(-c3ccccc3)n2)C1. The molecule has 2 aromatic rings. The molecule has 1 fully saturated rings. The van der Waals surface area contributed by atoms with Crippen LogP contribution in [-0.4, -0.2) is 39.2 Å². The number of rotatable bonds is 4. The minimum Gasteiger partial charge on any atom is -0.481 e. The Kier molecular flexibility index (Phi) is 3.96. The van der Waals surface area contributed by atoms with E-state index < -0.39 is 5.97 Å². The Bertz CT molecular complexity index is 612. The number of carboxylic acids is 1. The van der Waals surface area contributed by atoms with Gasteiger partial charge < -0.3 is 9.63 Å². The van der Waals surface area contributed by atoms with Crippen molar-refractivity contribution in [3.8, 4) is 11.5 Å². The predicted molar refractivity (Wildman–Crippen MR) is 75.4 cm³/mol. The van der Waals surface area contributed by atoms with E-state index in [1.165, 1.54) is 0 Å². The first-order valence-electron chi connectivity index (χ1n) is 7.05. The van der Waals surface area contributed by atoms with Crippen molar-refractivity contribution < 1.29 is 14.4 Å². The van der Waals surface area contributed by atoms with Crippen LogP contribution in [0.3, 0.4) is 0 Å². The van der Waals surface area contributed by atoms with Crippen molar-refractivity contribution in [2.75, 3.05) is 13.1 Å². The van der Waals surface area contributed by atoms with E-state index in [4.69, 9.17) is 9.63 Å². The third-order valence-electron chi connectivity index (χ3n) is 3.71. The number of piperidine rings is 1. The first kappa shape index (κ1) is 13.8. The lowest BCUT2D eigenvalue weighted by Gasteiger charge is -2.29. The third kappa shape index (κ3) is 3.28. The summed E-state index contributed by atoms with van der Waals surface area (Å²) < 4.78 is 5.26. The Hall–Kier alpha value is -2.21. The highest BCUT2D eigenvalue weighted by Crippen LogP contribution is 2.20. The second-order valence-corrected chi connectivity index (χ2v) is 5.29. The van der Waals surface area contributed by atoms with E-state index in [1.54, 1.807) is 0 Å². The molecule has 1 atom stereocenters. The second-order valence-electron chi connectivity index (χ2n) is 5.29. The number of carbonyl (C=O) groups is 1. The number of hydrogen-bond donors (Lipinski definition) is 1. The fourth-order valence-electron chi connectivity index (χ4n) is 2.62. The van der Waals surface area contributed by atoms with Gasteiger partial charge in [-0.2, -0.15) is 4.98 Å². The molecule has 0 amide bonds. The molecule has 110 valence electrons. The highest BCUT2D eigenvalue weighted by Gasteiger charge is 2.26. The third-order valence-corrected chi connectivity index (χ3v) is 3.71. The van der Waals surface area contributed by atoms with E-state index in [0.717, 1.165) is 24.9 Å². The molecule has 1 aromatic carbocycles. The van der Waals surface area contributed by atoms with Crippen molar-refractivity contribution in [3.63, 3.8) is 0 Å². The fraction of sp³-hybridized carbons (Fsp3) is 0.400. The van der Waals surface area contributed by atoms with E-state index in [-0.39, 0.29) is 5.92 Å². The van der Waals surface area contributed by atoms with Crippen molar-refractivity contribution in [2.24, 2.45) is 5.92 Å². The average Bonchev–Trinajstić information content (AvgIpc) is 2.97. The Morgan fingerprint density at radius 2 is 2.19 bits per heavy atom. The number of hydrogen-bond acceptors (Lipinski definition) is 5. The molecule has 1 aliphatic rings. The first-order chi connectivity index (χ1) is 10.2. The molecule has 0 spiro atoms. The van der Waals surface area contributed by atoms with Crippen LogP contribution in [0.5, 0.6) is 0 Å². The van der Waals surface area contributed by atoms with Gasteiger partial charge in [0.15, 0.2) is 5.82 Å². The minimum absolute atomic E-state index is 0.292. The number of aliphatic carboxylic acids is 1. The highest BCUT2D eigenvalue weighted by atomic mass is 16.5. The maximum Gasteiger partial charge on any atom is 0.307 e. The van der Waals surface area contributed by atoms with Crippen LogP contribution < -0.4 is 0 Å². The zero-order chi connectivity index (χ0) is 14.7. The van der Waals surface area contributed by atoms with Gasteiger partial charge in [0.05, 0.1) is 12.5 Å². The van der Waals surface area contributed by atoms with Crippen molar-refractivity contribution in [2.45, 2.75) is 19.4 Å². The molecule has 6 heteroatoms. The van der Waals surface area contributed by atoms with Gasteiger partial charge in [-0.05, 0) is 31.5 Å². The van der Waals surface area contributed by atoms with E-state index in [0.29, 0.717) is 24.8 Å². The van der Waals surface area contributed by atoms with E-state index in [1.807, 2.05) is 30.3 Å². The summed E-state index contributed by atoms with van der Waals surface area (Å²) in [5, 5.41) is 13.1. The van der Waals surface area contributed by atoms with Gasteiger partial charge in [-0.3, -0.25) is 9.69 Å². The largest absolute Gasteiger partial charge is 0.481 e. The molecule has 2 heterocycles.